The molecule has 1 aliphatic heterocycles. The summed E-state index contributed by atoms with van der Waals surface area (Å²) in [6.45, 7) is 3.54. The van der Waals surface area contributed by atoms with Crippen LogP contribution in [0.2, 0.25) is 4.34 Å². The average molecular weight is 325 g/mol. The maximum absolute atomic E-state index is 6.13. The molecule has 1 atom stereocenters. The summed E-state index contributed by atoms with van der Waals surface area (Å²) in [5, 5.41) is 3.90. The molecule has 1 unspecified atom stereocenters. The highest BCUT2D eigenvalue weighted by Gasteiger charge is 2.45. The molecule has 21 heavy (non-hydrogen) atoms. The van der Waals surface area contributed by atoms with Gasteiger partial charge in [-0.05, 0) is 43.7 Å². The summed E-state index contributed by atoms with van der Waals surface area (Å²) < 4.78 is 0.927. The molecule has 0 bridgehead atoms. The van der Waals surface area contributed by atoms with Crippen molar-refractivity contribution >= 4 is 22.9 Å². The third-order valence-corrected chi connectivity index (χ3v) is 6.95. The van der Waals surface area contributed by atoms with E-state index in [9.17, 15) is 0 Å². The van der Waals surface area contributed by atoms with Crippen LogP contribution in [0.4, 0.5) is 0 Å². The molecule has 4 heteroatoms. The van der Waals surface area contributed by atoms with E-state index in [0.717, 1.165) is 22.8 Å². The van der Waals surface area contributed by atoms with Crippen LogP contribution in [0, 0.1) is 5.92 Å². The lowest BCUT2D eigenvalue weighted by Crippen LogP contribution is -2.65. The number of nitrogens with zero attached hydrogens (tertiary/aromatic N) is 1. The van der Waals surface area contributed by atoms with Crippen molar-refractivity contribution in [3.8, 4) is 0 Å². The number of rotatable bonds is 3. The lowest BCUT2D eigenvalue weighted by atomic mass is 9.78. The van der Waals surface area contributed by atoms with Gasteiger partial charge in [-0.2, -0.15) is 0 Å². The van der Waals surface area contributed by atoms with Crippen molar-refractivity contribution in [1.82, 2.24) is 10.2 Å². The van der Waals surface area contributed by atoms with Crippen LogP contribution < -0.4 is 5.32 Å². The summed E-state index contributed by atoms with van der Waals surface area (Å²) in [5.74, 6) is 0.945. The van der Waals surface area contributed by atoms with E-state index >= 15 is 0 Å². The van der Waals surface area contributed by atoms with Crippen LogP contribution in [-0.2, 0) is 6.54 Å². The number of hydrogen-bond acceptors (Lipinski definition) is 3. The molecule has 4 rings (SSSR count). The molecule has 0 aromatic carbocycles. The van der Waals surface area contributed by atoms with E-state index in [-0.39, 0.29) is 0 Å². The average Bonchev–Trinajstić information content (AvgIpc) is 3.26. The van der Waals surface area contributed by atoms with Gasteiger partial charge in [0.15, 0.2) is 0 Å². The summed E-state index contributed by atoms with van der Waals surface area (Å²) in [6.07, 6.45) is 9.83. The highest BCUT2D eigenvalue weighted by Crippen LogP contribution is 2.41. The van der Waals surface area contributed by atoms with Gasteiger partial charge in [-0.3, -0.25) is 4.90 Å². The maximum atomic E-state index is 6.13. The molecule has 1 saturated heterocycles. The Balaban J connectivity index is 1.53. The van der Waals surface area contributed by atoms with Gasteiger partial charge in [0.1, 0.15) is 0 Å². The Hall–Kier alpha value is -0.0900. The number of nitrogens with one attached hydrogen (secondary N) is 1. The van der Waals surface area contributed by atoms with E-state index in [1.54, 1.807) is 11.3 Å². The van der Waals surface area contributed by atoms with Crippen molar-refractivity contribution in [2.75, 3.05) is 13.1 Å². The van der Waals surface area contributed by atoms with Gasteiger partial charge in [-0.25, -0.2) is 0 Å². The zero-order chi connectivity index (χ0) is 14.3. The van der Waals surface area contributed by atoms with Gasteiger partial charge in [0.05, 0.1) is 4.34 Å². The second-order valence-electron chi connectivity index (χ2n) is 7.20. The Morgan fingerprint density at radius 1 is 1.24 bits per heavy atom. The molecule has 1 N–H and O–H groups in total. The number of piperazine rings is 1. The lowest BCUT2D eigenvalue weighted by molar-refractivity contribution is 0.000437. The number of thiophene rings is 1. The Morgan fingerprint density at radius 3 is 2.71 bits per heavy atom. The highest BCUT2D eigenvalue weighted by atomic mass is 35.5. The van der Waals surface area contributed by atoms with Crippen LogP contribution in [0.1, 0.15) is 49.8 Å². The molecule has 2 aliphatic carbocycles. The van der Waals surface area contributed by atoms with Gasteiger partial charge in [0.2, 0.25) is 0 Å². The Morgan fingerprint density at radius 2 is 2.05 bits per heavy atom. The Bertz CT molecular complexity index is 491. The van der Waals surface area contributed by atoms with Gasteiger partial charge < -0.3 is 5.32 Å². The molecular weight excluding hydrogens is 300 g/mol. The van der Waals surface area contributed by atoms with E-state index in [1.807, 2.05) is 0 Å². The van der Waals surface area contributed by atoms with E-state index in [1.165, 1.54) is 62.9 Å². The predicted molar refractivity (Wildman–Crippen MR) is 90.1 cm³/mol. The fraction of sp³-hybridized carbons (Fsp3) is 0.765. The van der Waals surface area contributed by atoms with Gasteiger partial charge in [-0.1, -0.05) is 30.9 Å². The van der Waals surface area contributed by atoms with E-state index in [0.29, 0.717) is 5.54 Å². The van der Waals surface area contributed by atoms with Crippen LogP contribution in [0.15, 0.2) is 12.1 Å². The minimum absolute atomic E-state index is 0.417. The maximum Gasteiger partial charge on any atom is 0.0931 e. The Labute approximate surface area is 136 Å². The fourth-order valence-electron chi connectivity index (χ4n) is 4.30. The molecule has 1 aromatic rings. The lowest BCUT2D eigenvalue weighted by Gasteiger charge is -2.52. The van der Waals surface area contributed by atoms with E-state index in [2.05, 4.69) is 22.3 Å². The first-order valence-corrected chi connectivity index (χ1v) is 9.67. The second-order valence-corrected chi connectivity index (χ2v) is 9.00. The van der Waals surface area contributed by atoms with Crippen molar-refractivity contribution < 1.29 is 0 Å². The van der Waals surface area contributed by atoms with Crippen molar-refractivity contribution in [3.05, 3.63) is 21.3 Å². The largest absolute Gasteiger partial charge is 0.311 e. The van der Waals surface area contributed by atoms with Crippen molar-refractivity contribution in [2.24, 2.45) is 5.92 Å². The van der Waals surface area contributed by atoms with Crippen molar-refractivity contribution in [1.29, 1.82) is 0 Å². The summed E-state index contributed by atoms with van der Waals surface area (Å²) in [7, 11) is 0. The first kappa shape index (κ1) is 14.5. The quantitative estimate of drug-likeness (QED) is 0.892. The minimum atomic E-state index is 0.417. The van der Waals surface area contributed by atoms with Gasteiger partial charge in [0.25, 0.3) is 0 Å². The van der Waals surface area contributed by atoms with Crippen LogP contribution >= 0.6 is 22.9 Å². The van der Waals surface area contributed by atoms with E-state index in [4.69, 9.17) is 11.6 Å². The summed E-state index contributed by atoms with van der Waals surface area (Å²) in [6, 6.07) is 5.00. The molecule has 2 nitrogen and oxygen atoms in total. The Kier molecular flexibility index (Phi) is 4.03. The second kappa shape index (κ2) is 5.84. The number of halogens is 1. The highest BCUT2D eigenvalue weighted by molar-refractivity contribution is 7.16. The molecular formula is C17H25ClN2S. The first-order valence-electron chi connectivity index (χ1n) is 8.48. The van der Waals surface area contributed by atoms with Crippen molar-refractivity contribution in [3.63, 3.8) is 0 Å². The summed E-state index contributed by atoms with van der Waals surface area (Å²) in [5.41, 5.74) is 0.417. The first-order chi connectivity index (χ1) is 10.3. The topological polar surface area (TPSA) is 15.3 Å². The monoisotopic (exact) mass is 324 g/mol. The molecule has 1 spiro atoms. The molecule has 3 aliphatic rings. The van der Waals surface area contributed by atoms with Crippen LogP contribution in [-0.4, -0.2) is 29.6 Å². The van der Waals surface area contributed by atoms with Gasteiger partial charge in [0, 0.05) is 36.1 Å². The molecule has 0 radical (unpaired) electrons. The standard InChI is InChI=1S/C17H25ClN2S/c18-16-7-6-14(21-16)10-20-11-15(13-4-5-13)19-12-17(20)8-2-1-3-9-17/h6-7,13,15,19H,1-5,8-12H2. The smallest absolute Gasteiger partial charge is 0.0931 e. The van der Waals surface area contributed by atoms with Crippen LogP contribution in [0.5, 0.6) is 0 Å². The molecule has 2 heterocycles. The zero-order valence-electron chi connectivity index (χ0n) is 12.6. The molecule has 116 valence electrons. The number of hydrogen-bond donors (Lipinski definition) is 1. The molecule has 3 fully saturated rings. The van der Waals surface area contributed by atoms with Crippen LogP contribution in [0.25, 0.3) is 0 Å². The van der Waals surface area contributed by atoms with Crippen LogP contribution in [0.3, 0.4) is 0 Å². The molecule has 1 aromatic heterocycles. The summed E-state index contributed by atoms with van der Waals surface area (Å²) >= 11 is 7.89. The normalized spacial score (nSPS) is 29.9. The fourth-order valence-corrected chi connectivity index (χ4v) is 5.41. The minimum Gasteiger partial charge on any atom is -0.311 e. The van der Waals surface area contributed by atoms with Crippen molar-refractivity contribution in [2.45, 2.75) is 63.1 Å². The molecule has 2 saturated carbocycles. The zero-order valence-corrected chi connectivity index (χ0v) is 14.2. The van der Waals surface area contributed by atoms with Gasteiger partial charge >= 0.3 is 0 Å². The summed E-state index contributed by atoms with van der Waals surface area (Å²) in [4.78, 5) is 4.25. The molecule has 0 amide bonds. The third kappa shape index (κ3) is 3.03. The SMILES string of the molecule is Clc1ccc(CN2CC(C3CC3)NCC23CCCCC3)s1. The third-order valence-electron chi connectivity index (χ3n) is 5.73. The predicted octanol–water partition coefficient (Wildman–Crippen LogP) is 4.29. The van der Waals surface area contributed by atoms with Gasteiger partial charge in [-0.15, -0.1) is 11.3 Å². The van der Waals surface area contributed by atoms with E-state index < -0.39 is 0 Å².